The lowest BCUT2D eigenvalue weighted by atomic mass is 10.2. The summed E-state index contributed by atoms with van der Waals surface area (Å²) in [4.78, 5) is 12.3. The van der Waals surface area contributed by atoms with Crippen molar-refractivity contribution in [2.24, 2.45) is 0 Å². The second-order valence-electron chi connectivity index (χ2n) is 4.03. The van der Waals surface area contributed by atoms with Crippen molar-refractivity contribution in [3.63, 3.8) is 0 Å². The van der Waals surface area contributed by atoms with Crippen molar-refractivity contribution in [1.29, 1.82) is 0 Å². The lowest BCUT2D eigenvalue weighted by molar-refractivity contribution is -0.384. The van der Waals surface area contributed by atoms with E-state index in [1.54, 1.807) is 6.07 Å². The van der Waals surface area contributed by atoms with Crippen LogP contribution in [0.2, 0.25) is 0 Å². The van der Waals surface area contributed by atoms with Gasteiger partial charge in [0.1, 0.15) is 5.75 Å². The predicted octanol–water partition coefficient (Wildman–Crippen LogP) is 1.17. The zero-order valence-corrected chi connectivity index (χ0v) is 9.50. The first-order valence-electron chi connectivity index (χ1n) is 5.36. The van der Waals surface area contributed by atoms with Crippen molar-refractivity contribution < 1.29 is 14.8 Å². The Balaban J connectivity index is 2.32. The fourth-order valence-electron chi connectivity index (χ4n) is 1.95. The van der Waals surface area contributed by atoms with Gasteiger partial charge in [0.2, 0.25) is 0 Å². The molecule has 1 fully saturated rings. The van der Waals surface area contributed by atoms with E-state index in [1.807, 2.05) is 4.90 Å². The van der Waals surface area contributed by atoms with Gasteiger partial charge < -0.3 is 14.7 Å². The van der Waals surface area contributed by atoms with Crippen LogP contribution in [0, 0.1) is 10.1 Å². The molecule has 0 bridgehead atoms. The minimum absolute atomic E-state index is 0.000685. The van der Waals surface area contributed by atoms with Crippen molar-refractivity contribution in [2.75, 3.05) is 25.1 Å². The fourth-order valence-corrected chi connectivity index (χ4v) is 1.95. The molecule has 17 heavy (non-hydrogen) atoms. The maximum absolute atomic E-state index is 10.8. The quantitative estimate of drug-likeness (QED) is 0.632. The van der Waals surface area contributed by atoms with Crippen LogP contribution in [0.1, 0.15) is 6.42 Å². The van der Waals surface area contributed by atoms with Crippen LogP contribution in [0.4, 0.5) is 11.4 Å². The molecule has 1 aliphatic rings. The number of non-ortho nitro benzene ring substituents is 1. The number of ether oxygens (including phenoxy) is 1. The van der Waals surface area contributed by atoms with E-state index in [0.717, 1.165) is 0 Å². The Morgan fingerprint density at radius 2 is 2.29 bits per heavy atom. The number of β-amino-alcohol motifs (C(OH)–C–C–N with tert-alkyl or cyclic N) is 1. The van der Waals surface area contributed by atoms with Crippen LogP contribution in [-0.2, 0) is 0 Å². The minimum atomic E-state index is -0.446. The Morgan fingerprint density at radius 3 is 2.82 bits per heavy atom. The van der Waals surface area contributed by atoms with Crippen molar-refractivity contribution in [3.8, 4) is 5.75 Å². The van der Waals surface area contributed by atoms with Gasteiger partial charge in [-0.15, -0.1) is 0 Å². The second-order valence-corrected chi connectivity index (χ2v) is 4.03. The van der Waals surface area contributed by atoms with Gasteiger partial charge in [-0.3, -0.25) is 10.1 Å². The van der Waals surface area contributed by atoms with Gasteiger partial charge in [-0.1, -0.05) is 0 Å². The van der Waals surface area contributed by atoms with E-state index in [0.29, 0.717) is 30.9 Å². The van der Waals surface area contributed by atoms with Gasteiger partial charge in [-0.05, 0) is 6.42 Å². The summed E-state index contributed by atoms with van der Waals surface area (Å²) in [6.07, 6.45) is 0.325. The maximum Gasteiger partial charge on any atom is 0.275 e. The van der Waals surface area contributed by atoms with Crippen molar-refractivity contribution >= 4 is 11.4 Å². The smallest absolute Gasteiger partial charge is 0.275 e. The third-order valence-electron chi connectivity index (χ3n) is 2.85. The summed E-state index contributed by atoms with van der Waals surface area (Å²) in [6, 6.07) is 4.63. The summed E-state index contributed by atoms with van der Waals surface area (Å²) < 4.78 is 5.04. The molecule has 6 nitrogen and oxygen atoms in total. The summed E-state index contributed by atoms with van der Waals surface area (Å²) >= 11 is 0. The van der Waals surface area contributed by atoms with Crippen molar-refractivity contribution in [2.45, 2.75) is 12.5 Å². The molecule has 92 valence electrons. The Labute approximate surface area is 98.6 Å². The number of rotatable bonds is 3. The fraction of sp³-hybridized carbons (Fsp3) is 0.455. The monoisotopic (exact) mass is 238 g/mol. The molecule has 0 aromatic heterocycles. The molecule has 0 unspecified atom stereocenters. The molecule has 1 N–H and O–H groups in total. The van der Waals surface area contributed by atoms with Crippen molar-refractivity contribution in [1.82, 2.24) is 0 Å². The van der Waals surface area contributed by atoms with E-state index in [-0.39, 0.29) is 11.8 Å². The van der Waals surface area contributed by atoms with Crippen LogP contribution in [-0.4, -0.2) is 36.3 Å². The standard InChI is InChI=1S/C11H14N2O4/c1-17-11-5-8(4-9(6-11)13(15)16)12-3-2-10(14)7-12/h4-6,10,14H,2-3,7H2,1H3/t10-/m0/s1. The van der Waals surface area contributed by atoms with E-state index in [9.17, 15) is 15.2 Å². The first kappa shape index (κ1) is 11.7. The number of nitro benzene ring substituents is 1. The summed E-state index contributed by atoms with van der Waals surface area (Å²) in [5.74, 6) is 0.454. The van der Waals surface area contributed by atoms with E-state index in [4.69, 9.17) is 4.74 Å². The Kier molecular flexibility index (Phi) is 3.14. The highest BCUT2D eigenvalue weighted by atomic mass is 16.6. The largest absolute Gasteiger partial charge is 0.496 e. The first-order chi connectivity index (χ1) is 8.10. The van der Waals surface area contributed by atoms with Gasteiger partial charge in [0.05, 0.1) is 24.2 Å². The molecular weight excluding hydrogens is 224 g/mol. The molecule has 6 heteroatoms. The van der Waals surface area contributed by atoms with Crippen LogP contribution in [0.5, 0.6) is 5.75 Å². The zero-order valence-electron chi connectivity index (χ0n) is 9.50. The van der Waals surface area contributed by atoms with Gasteiger partial charge in [0.25, 0.3) is 5.69 Å². The van der Waals surface area contributed by atoms with Crippen LogP contribution >= 0.6 is 0 Å². The highest BCUT2D eigenvalue weighted by molar-refractivity contribution is 5.58. The van der Waals surface area contributed by atoms with E-state index in [2.05, 4.69) is 0 Å². The van der Waals surface area contributed by atoms with E-state index in [1.165, 1.54) is 19.2 Å². The highest BCUT2D eigenvalue weighted by Crippen LogP contribution is 2.30. The summed E-state index contributed by atoms with van der Waals surface area (Å²) in [5, 5.41) is 20.2. The van der Waals surface area contributed by atoms with Gasteiger partial charge in [-0.2, -0.15) is 0 Å². The number of aliphatic hydroxyl groups is 1. The molecule has 1 atom stereocenters. The van der Waals surface area contributed by atoms with Gasteiger partial charge in [-0.25, -0.2) is 0 Å². The summed E-state index contributed by atoms with van der Waals surface area (Å²) in [6.45, 7) is 1.20. The number of nitrogens with zero attached hydrogens (tertiary/aromatic N) is 2. The molecular formula is C11H14N2O4. The third kappa shape index (κ3) is 2.47. The van der Waals surface area contributed by atoms with Gasteiger partial charge >= 0.3 is 0 Å². The van der Waals surface area contributed by atoms with Crippen LogP contribution in [0.25, 0.3) is 0 Å². The number of aliphatic hydroxyl groups excluding tert-OH is 1. The molecule has 0 amide bonds. The topological polar surface area (TPSA) is 75.8 Å². The molecule has 1 aromatic carbocycles. The predicted molar refractivity (Wildman–Crippen MR) is 62.5 cm³/mol. The van der Waals surface area contributed by atoms with E-state index >= 15 is 0 Å². The van der Waals surface area contributed by atoms with Gasteiger partial charge in [0.15, 0.2) is 0 Å². The molecule has 1 saturated heterocycles. The maximum atomic E-state index is 10.8. The molecule has 1 aromatic rings. The molecule has 0 radical (unpaired) electrons. The number of methoxy groups -OCH3 is 1. The van der Waals surface area contributed by atoms with Crippen LogP contribution in [0.15, 0.2) is 18.2 Å². The normalized spacial score (nSPS) is 19.4. The zero-order chi connectivity index (χ0) is 12.4. The molecule has 2 rings (SSSR count). The van der Waals surface area contributed by atoms with Crippen LogP contribution in [0.3, 0.4) is 0 Å². The number of nitro groups is 1. The number of hydrogen-bond acceptors (Lipinski definition) is 5. The van der Waals surface area contributed by atoms with E-state index < -0.39 is 4.92 Å². The average molecular weight is 238 g/mol. The minimum Gasteiger partial charge on any atom is -0.496 e. The lowest BCUT2D eigenvalue weighted by Gasteiger charge is -2.18. The van der Waals surface area contributed by atoms with Crippen LogP contribution < -0.4 is 9.64 Å². The third-order valence-corrected chi connectivity index (χ3v) is 2.85. The summed E-state index contributed by atoms with van der Waals surface area (Å²) in [7, 11) is 1.47. The molecule has 0 aliphatic carbocycles. The number of benzene rings is 1. The van der Waals surface area contributed by atoms with Crippen molar-refractivity contribution in [3.05, 3.63) is 28.3 Å². The number of anilines is 1. The average Bonchev–Trinajstić information content (AvgIpc) is 2.75. The SMILES string of the molecule is COc1cc(N2CC[C@H](O)C2)cc([N+](=O)[O-])c1. The second kappa shape index (κ2) is 4.58. The molecule has 1 aliphatic heterocycles. The molecule has 1 heterocycles. The van der Waals surface area contributed by atoms with Gasteiger partial charge in [0, 0.05) is 30.9 Å². The summed E-state index contributed by atoms with van der Waals surface area (Å²) in [5.41, 5.74) is 0.716. The highest BCUT2D eigenvalue weighted by Gasteiger charge is 2.22. The Morgan fingerprint density at radius 1 is 1.53 bits per heavy atom. The Bertz CT molecular complexity index is 435. The molecule has 0 saturated carbocycles. The first-order valence-corrected chi connectivity index (χ1v) is 5.36. The number of hydrogen-bond donors (Lipinski definition) is 1. The lowest BCUT2D eigenvalue weighted by Crippen LogP contribution is -2.21. The molecule has 0 spiro atoms. The Hall–Kier alpha value is -1.82.